The van der Waals surface area contributed by atoms with E-state index in [4.69, 9.17) is 5.73 Å². The summed E-state index contributed by atoms with van der Waals surface area (Å²) >= 11 is 1.16. The lowest BCUT2D eigenvalue weighted by Crippen LogP contribution is -2.32. The van der Waals surface area contributed by atoms with E-state index in [0.717, 1.165) is 17.5 Å². The van der Waals surface area contributed by atoms with Crippen molar-refractivity contribution in [1.29, 1.82) is 0 Å². The number of thioether (sulfide) groups is 1. The van der Waals surface area contributed by atoms with Crippen molar-refractivity contribution < 1.29 is 9.59 Å². The number of nitrogens with one attached hydrogen (secondary N) is 1. The van der Waals surface area contributed by atoms with Gasteiger partial charge >= 0.3 is 6.03 Å². The molecule has 0 aliphatic carbocycles. The predicted octanol–water partition coefficient (Wildman–Crippen LogP) is -0.0656. The molecule has 0 heterocycles. The molecule has 4 nitrogen and oxygen atoms in total. The minimum absolute atomic E-state index is 0.0217. The third kappa shape index (κ3) is 5.43. The van der Waals surface area contributed by atoms with E-state index < -0.39 is 6.03 Å². The molecular weight excluding hydrogens is 152 g/mol. The van der Waals surface area contributed by atoms with Gasteiger partial charge < -0.3 is 11.1 Å². The minimum atomic E-state index is -0.662. The molecule has 0 atom stereocenters. The van der Waals surface area contributed by atoms with Gasteiger partial charge in [-0.1, -0.05) is 18.7 Å². The van der Waals surface area contributed by atoms with Crippen molar-refractivity contribution in [3.8, 4) is 0 Å². The van der Waals surface area contributed by atoms with Crippen molar-refractivity contribution in [3.05, 3.63) is 0 Å². The van der Waals surface area contributed by atoms with Crippen LogP contribution in [0.15, 0.2) is 0 Å². The molecule has 0 bridgehead atoms. The van der Waals surface area contributed by atoms with Crippen molar-refractivity contribution in [1.82, 2.24) is 5.32 Å². The van der Waals surface area contributed by atoms with E-state index in [2.05, 4.69) is 5.32 Å². The Balaban J connectivity index is 3.30. The zero-order valence-electron chi connectivity index (χ0n) is 5.72. The van der Waals surface area contributed by atoms with Gasteiger partial charge in [0.05, 0.1) is 6.54 Å². The lowest BCUT2D eigenvalue weighted by atomic mass is 10.7. The van der Waals surface area contributed by atoms with Gasteiger partial charge in [-0.15, -0.1) is 0 Å². The van der Waals surface area contributed by atoms with Gasteiger partial charge in [0.25, 0.3) is 0 Å². The van der Waals surface area contributed by atoms with Crippen molar-refractivity contribution in [3.63, 3.8) is 0 Å². The van der Waals surface area contributed by atoms with Gasteiger partial charge in [-0.05, 0) is 5.75 Å². The predicted molar refractivity (Wildman–Crippen MR) is 40.7 cm³/mol. The molecule has 0 rings (SSSR count). The van der Waals surface area contributed by atoms with E-state index in [1.165, 1.54) is 0 Å². The van der Waals surface area contributed by atoms with Crippen LogP contribution in [0.3, 0.4) is 0 Å². The molecule has 5 heteroatoms. The molecule has 3 N–H and O–H groups in total. The van der Waals surface area contributed by atoms with E-state index in [9.17, 15) is 9.59 Å². The zero-order chi connectivity index (χ0) is 7.98. The normalized spacial score (nSPS) is 8.90. The number of rotatable bonds is 3. The number of carbonyl (C=O) groups is 2. The van der Waals surface area contributed by atoms with Crippen LogP contribution >= 0.6 is 11.8 Å². The molecule has 10 heavy (non-hydrogen) atoms. The SMILES string of the molecule is CCSC(=O)CNC(N)=O. The first-order chi connectivity index (χ1) is 4.66. The summed E-state index contributed by atoms with van der Waals surface area (Å²) in [5.74, 6) is 0.722. The van der Waals surface area contributed by atoms with Crippen LogP contribution in [0.4, 0.5) is 4.79 Å². The van der Waals surface area contributed by atoms with Gasteiger partial charge in [-0.25, -0.2) is 4.79 Å². The molecule has 2 amide bonds. The van der Waals surface area contributed by atoms with E-state index in [-0.39, 0.29) is 11.7 Å². The minimum Gasteiger partial charge on any atom is -0.352 e. The summed E-state index contributed by atoms with van der Waals surface area (Å²) in [6.07, 6.45) is 0. The highest BCUT2D eigenvalue weighted by Gasteiger charge is 2.00. The van der Waals surface area contributed by atoms with Gasteiger partial charge in [-0.2, -0.15) is 0 Å². The van der Waals surface area contributed by atoms with E-state index in [1.54, 1.807) is 0 Å². The van der Waals surface area contributed by atoms with E-state index in [0.29, 0.717) is 0 Å². The lowest BCUT2D eigenvalue weighted by Gasteiger charge is -1.97. The second-order valence-corrected chi connectivity index (χ2v) is 2.84. The Bertz CT molecular complexity index is 138. The molecule has 0 aromatic carbocycles. The molecular formula is C5H10N2O2S. The van der Waals surface area contributed by atoms with Crippen molar-refractivity contribution >= 4 is 22.9 Å². The molecule has 0 unspecified atom stereocenters. The van der Waals surface area contributed by atoms with Crippen molar-refractivity contribution in [2.24, 2.45) is 5.73 Å². The Morgan fingerprint density at radius 2 is 2.20 bits per heavy atom. The van der Waals surface area contributed by atoms with Crippen LogP contribution in [0.5, 0.6) is 0 Å². The first-order valence-electron chi connectivity index (χ1n) is 2.85. The molecule has 0 spiro atoms. The Kier molecular flexibility index (Phi) is 4.74. The first kappa shape index (κ1) is 9.29. The molecule has 0 fully saturated rings. The van der Waals surface area contributed by atoms with Crippen LogP contribution in [-0.4, -0.2) is 23.4 Å². The van der Waals surface area contributed by atoms with Gasteiger partial charge in [0.2, 0.25) is 5.12 Å². The Morgan fingerprint density at radius 3 is 2.60 bits per heavy atom. The lowest BCUT2D eigenvalue weighted by molar-refractivity contribution is -0.110. The average molecular weight is 162 g/mol. The van der Waals surface area contributed by atoms with E-state index >= 15 is 0 Å². The van der Waals surface area contributed by atoms with Crippen molar-refractivity contribution in [2.45, 2.75) is 6.92 Å². The molecule has 0 aliphatic heterocycles. The van der Waals surface area contributed by atoms with Gasteiger partial charge in [-0.3, -0.25) is 4.79 Å². The number of urea groups is 1. The summed E-state index contributed by atoms with van der Waals surface area (Å²) in [4.78, 5) is 20.7. The van der Waals surface area contributed by atoms with Crippen molar-refractivity contribution in [2.75, 3.05) is 12.3 Å². The standard InChI is InChI=1S/C5H10N2O2S/c1-2-10-4(8)3-7-5(6)9/h2-3H2,1H3,(H3,6,7,9). The topological polar surface area (TPSA) is 72.2 Å². The zero-order valence-corrected chi connectivity index (χ0v) is 6.53. The maximum atomic E-state index is 10.6. The van der Waals surface area contributed by atoms with Crippen LogP contribution in [0.1, 0.15) is 6.92 Å². The second kappa shape index (κ2) is 5.10. The number of amides is 2. The number of primary amides is 1. The molecule has 0 radical (unpaired) electrons. The highest BCUT2D eigenvalue weighted by atomic mass is 32.2. The number of carbonyl (C=O) groups excluding carboxylic acids is 2. The summed E-state index contributed by atoms with van der Waals surface area (Å²) in [6.45, 7) is 1.89. The first-order valence-corrected chi connectivity index (χ1v) is 3.84. The molecule has 0 aromatic heterocycles. The maximum absolute atomic E-state index is 10.6. The van der Waals surface area contributed by atoms with Crippen LogP contribution in [0.25, 0.3) is 0 Å². The van der Waals surface area contributed by atoms with Crippen LogP contribution < -0.4 is 11.1 Å². The van der Waals surface area contributed by atoms with Crippen LogP contribution in [0.2, 0.25) is 0 Å². The molecule has 58 valence electrons. The number of nitrogens with two attached hydrogens (primary N) is 1. The summed E-state index contributed by atoms with van der Waals surface area (Å²) in [5, 5.41) is 2.13. The fourth-order valence-corrected chi connectivity index (χ4v) is 0.868. The fraction of sp³-hybridized carbons (Fsp3) is 0.600. The third-order valence-corrected chi connectivity index (χ3v) is 1.47. The van der Waals surface area contributed by atoms with Gasteiger partial charge in [0.15, 0.2) is 0 Å². The Morgan fingerprint density at radius 1 is 1.60 bits per heavy atom. The molecule has 0 aromatic rings. The summed E-state index contributed by atoms with van der Waals surface area (Å²) in [5.41, 5.74) is 4.73. The Hall–Kier alpha value is -0.710. The summed E-state index contributed by atoms with van der Waals surface area (Å²) in [7, 11) is 0. The third-order valence-electron chi connectivity index (χ3n) is 0.712. The number of hydrogen-bond donors (Lipinski definition) is 2. The van der Waals surface area contributed by atoms with Crippen LogP contribution in [0, 0.1) is 0 Å². The quantitative estimate of drug-likeness (QED) is 0.610. The highest BCUT2D eigenvalue weighted by molar-refractivity contribution is 8.13. The summed E-state index contributed by atoms with van der Waals surface area (Å²) in [6, 6.07) is -0.662. The molecule has 0 aliphatic rings. The molecule has 0 saturated carbocycles. The largest absolute Gasteiger partial charge is 0.352 e. The second-order valence-electron chi connectivity index (χ2n) is 1.52. The summed E-state index contributed by atoms with van der Waals surface area (Å²) < 4.78 is 0. The molecule has 0 saturated heterocycles. The van der Waals surface area contributed by atoms with Gasteiger partial charge in [0.1, 0.15) is 0 Å². The fourth-order valence-electron chi connectivity index (χ4n) is 0.371. The maximum Gasteiger partial charge on any atom is 0.312 e. The van der Waals surface area contributed by atoms with Crippen LogP contribution in [-0.2, 0) is 4.79 Å². The highest BCUT2D eigenvalue weighted by Crippen LogP contribution is 1.97. The van der Waals surface area contributed by atoms with E-state index in [1.807, 2.05) is 6.92 Å². The smallest absolute Gasteiger partial charge is 0.312 e. The Labute approximate surface area is 63.5 Å². The average Bonchev–Trinajstić information content (AvgIpc) is 1.85. The monoisotopic (exact) mass is 162 g/mol. The number of hydrogen-bond acceptors (Lipinski definition) is 3. The van der Waals surface area contributed by atoms with Gasteiger partial charge in [0, 0.05) is 0 Å².